The first kappa shape index (κ1) is 22.7. The van der Waals surface area contributed by atoms with Crippen molar-refractivity contribution in [2.24, 2.45) is 0 Å². The number of rotatable bonds is 5. The van der Waals surface area contributed by atoms with Gasteiger partial charge in [0, 0.05) is 55.2 Å². The fourth-order valence-electron chi connectivity index (χ4n) is 4.96. The van der Waals surface area contributed by atoms with Gasteiger partial charge in [0.2, 0.25) is 0 Å². The van der Waals surface area contributed by atoms with Crippen LogP contribution < -0.4 is 15.1 Å². The summed E-state index contributed by atoms with van der Waals surface area (Å²) in [5.41, 5.74) is 7.83. The van der Waals surface area contributed by atoms with Crippen LogP contribution in [-0.4, -0.2) is 67.6 Å². The van der Waals surface area contributed by atoms with Crippen LogP contribution in [0.5, 0.6) is 0 Å². The molecule has 184 valence electrons. The molecule has 2 aliphatic rings. The lowest BCUT2D eigenvalue weighted by atomic mass is 10.1. The number of nitrogens with one attached hydrogen (secondary N) is 1. The van der Waals surface area contributed by atoms with Crippen molar-refractivity contribution in [3.8, 4) is 11.4 Å². The van der Waals surface area contributed by atoms with Crippen molar-refractivity contribution in [3.05, 3.63) is 66.5 Å². The van der Waals surface area contributed by atoms with Gasteiger partial charge in [-0.05, 0) is 49.4 Å². The van der Waals surface area contributed by atoms with Crippen molar-refractivity contribution in [1.29, 1.82) is 0 Å². The molecule has 2 fully saturated rings. The smallest absolute Gasteiger partial charge is 0.161 e. The number of pyridine rings is 3. The predicted molar refractivity (Wildman–Crippen MR) is 143 cm³/mol. The van der Waals surface area contributed by atoms with Crippen LogP contribution in [0.25, 0.3) is 22.4 Å². The van der Waals surface area contributed by atoms with E-state index in [4.69, 9.17) is 14.5 Å². The van der Waals surface area contributed by atoms with E-state index in [0.717, 1.165) is 86.3 Å². The van der Waals surface area contributed by atoms with Crippen LogP contribution >= 0.6 is 0 Å². The van der Waals surface area contributed by atoms with Gasteiger partial charge in [-0.1, -0.05) is 6.07 Å². The topological polar surface area (TPSA) is 75.6 Å². The van der Waals surface area contributed by atoms with Crippen LogP contribution in [0, 0.1) is 6.92 Å². The average molecular weight is 483 g/mol. The van der Waals surface area contributed by atoms with E-state index >= 15 is 0 Å². The molecule has 36 heavy (non-hydrogen) atoms. The molecule has 1 aromatic carbocycles. The summed E-state index contributed by atoms with van der Waals surface area (Å²) in [7, 11) is 0. The normalized spacial score (nSPS) is 16.4. The van der Waals surface area contributed by atoms with E-state index in [1.165, 1.54) is 11.4 Å². The molecule has 8 nitrogen and oxygen atoms in total. The van der Waals surface area contributed by atoms with E-state index in [0.29, 0.717) is 5.65 Å². The van der Waals surface area contributed by atoms with Gasteiger partial charge in [0.25, 0.3) is 0 Å². The number of ether oxygens (including phenoxy) is 2. The summed E-state index contributed by atoms with van der Waals surface area (Å²) in [6, 6.07) is 16.7. The first-order chi connectivity index (χ1) is 17.8. The SMILES string of the molecule is Cc1c(-c2ccccn2)nc2ncccc2c1Nc1cc(N2CCOCC2)ccc1N1CCOCC1. The first-order valence-electron chi connectivity index (χ1n) is 12.5. The molecule has 0 saturated carbocycles. The van der Waals surface area contributed by atoms with Gasteiger partial charge in [-0.3, -0.25) is 4.98 Å². The van der Waals surface area contributed by atoms with E-state index in [1.807, 2.05) is 24.3 Å². The molecule has 0 radical (unpaired) electrons. The molecule has 0 spiro atoms. The van der Waals surface area contributed by atoms with Gasteiger partial charge in [-0.15, -0.1) is 0 Å². The number of hydrogen-bond donors (Lipinski definition) is 1. The molecule has 5 heterocycles. The fourth-order valence-corrected chi connectivity index (χ4v) is 4.96. The maximum Gasteiger partial charge on any atom is 0.161 e. The minimum Gasteiger partial charge on any atom is -0.378 e. The van der Waals surface area contributed by atoms with Crippen LogP contribution in [0.15, 0.2) is 60.9 Å². The predicted octanol–water partition coefficient (Wildman–Crippen LogP) is 4.42. The Morgan fingerprint density at radius 3 is 2.31 bits per heavy atom. The van der Waals surface area contributed by atoms with Crippen LogP contribution in [0.1, 0.15) is 5.56 Å². The average Bonchev–Trinajstić information content (AvgIpc) is 2.96. The highest BCUT2D eigenvalue weighted by Crippen LogP contribution is 2.38. The third kappa shape index (κ3) is 4.45. The second-order valence-corrected chi connectivity index (χ2v) is 9.08. The number of fused-ring (bicyclic) bond motifs is 1. The van der Waals surface area contributed by atoms with Crippen molar-refractivity contribution in [2.45, 2.75) is 6.92 Å². The third-order valence-corrected chi connectivity index (χ3v) is 6.88. The second kappa shape index (κ2) is 10.1. The van der Waals surface area contributed by atoms with Crippen molar-refractivity contribution >= 4 is 33.8 Å². The Labute approximate surface area is 210 Å². The fraction of sp³-hybridized carbons (Fsp3) is 0.321. The molecule has 2 saturated heterocycles. The Hall–Kier alpha value is -3.75. The van der Waals surface area contributed by atoms with Crippen LogP contribution in [0.3, 0.4) is 0 Å². The van der Waals surface area contributed by atoms with E-state index in [1.54, 1.807) is 12.4 Å². The number of morpholine rings is 2. The molecule has 1 N–H and O–H groups in total. The van der Waals surface area contributed by atoms with Crippen molar-refractivity contribution < 1.29 is 9.47 Å². The first-order valence-corrected chi connectivity index (χ1v) is 12.5. The molecule has 6 rings (SSSR count). The van der Waals surface area contributed by atoms with Gasteiger partial charge in [0.05, 0.1) is 54.9 Å². The lowest BCUT2D eigenvalue weighted by molar-refractivity contribution is 0.122. The summed E-state index contributed by atoms with van der Waals surface area (Å²) in [5, 5.41) is 4.81. The quantitative estimate of drug-likeness (QED) is 0.448. The second-order valence-electron chi connectivity index (χ2n) is 9.08. The highest BCUT2D eigenvalue weighted by Gasteiger charge is 2.21. The van der Waals surface area contributed by atoms with Crippen molar-refractivity contribution in [3.63, 3.8) is 0 Å². The Morgan fingerprint density at radius 2 is 1.56 bits per heavy atom. The Balaban J connectivity index is 1.48. The summed E-state index contributed by atoms with van der Waals surface area (Å²) >= 11 is 0. The van der Waals surface area contributed by atoms with E-state index < -0.39 is 0 Å². The van der Waals surface area contributed by atoms with Gasteiger partial charge < -0.3 is 24.6 Å². The molecule has 0 unspecified atom stereocenters. The standard InChI is InChI=1S/C28H30N6O2/c1-20-26(22-5-4-10-30-28(22)32-27(20)23-6-2-3-9-29-23)31-24-19-21(33-11-15-35-16-12-33)7-8-25(24)34-13-17-36-18-14-34/h2-10,19H,11-18H2,1H3,(H,30,31,32). The molecule has 8 heteroatoms. The Kier molecular flexibility index (Phi) is 6.36. The zero-order valence-electron chi connectivity index (χ0n) is 20.5. The number of anilines is 4. The highest BCUT2D eigenvalue weighted by atomic mass is 16.5. The summed E-state index contributed by atoms with van der Waals surface area (Å²) in [4.78, 5) is 18.8. The van der Waals surface area contributed by atoms with Gasteiger partial charge in [-0.25, -0.2) is 9.97 Å². The number of aromatic nitrogens is 3. The number of benzene rings is 1. The van der Waals surface area contributed by atoms with E-state index in [2.05, 4.69) is 56.3 Å². The van der Waals surface area contributed by atoms with E-state index in [-0.39, 0.29) is 0 Å². The van der Waals surface area contributed by atoms with Gasteiger partial charge in [0.1, 0.15) is 0 Å². The molecule has 3 aromatic heterocycles. The molecule has 4 aromatic rings. The largest absolute Gasteiger partial charge is 0.378 e. The van der Waals surface area contributed by atoms with Gasteiger partial charge in [-0.2, -0.15) is 0 Å². The number of hydrogen-bond acceptors (Lipinski definition) is 8. The van der Waals surface area contributed by atoms with Crippen molar-refractivity contribution in [1.82, 2.24) is 15.0 Å². The molecule has 0 atom stereocenters. The zero-order valence-corrected chi connectivity index (χ0v) is 20.5. The van der Waals surface area contributed by atoms with Crippen LogP contribution in [-0.2, 0) is 9.47 Å². The summed E-state index contributed by atoms with van der Waals surface area (Å²) < 4.78 is 11.2. The molecular weight excluding hydrogens is 452 g/mol. The number of nitrogens with zero attached hydrogens (tertiary/aromatic N) is 5. The maximum atomic E-state index is 5.63. The Bertz CT molecular complexity index is 1350. The summed E-state index contributed by atoms with van der Waals surface area (Å²) in [6.07, 6.45) is 3.59. The minimum absolute atomic E-state index is 0.698. The molecular formula is C28H30N6O2. The summed E-state index contributed by atoms with van der Waals surface area (Å²) in [6.45, 7) is 8.58. The monoisotopic (exact) mass is 482 g/mol. The lowest BCUT2D eigenvalue weighted by Gasteiger charge is -2.33. The highest BCUT2D eigenvalue weighted by molar-refractivity contribution is 5.97. The Morgan fingerprint density at radius 1 is 0.806 bits per heavy atom. The lowest BCUT2D eigenvalue weighted by Crippen LogP contribution is -2.37. The molecule has 0 aliphatic carbocycles. The van der Waals surface area contributed by atoms with Gasteiger partial charge in [0.15, 0.2) is 5.65 Å². The van der Waals surface area contributed by atoms with E-state index in [9.17, 15) is 0 Å². The van der Waals surface area contributed by atoms with Crippen LogP contribution in [0.4, 0.5) is 22.7 Å². The molecule has 0 bridgehead atoms. The van der Waals surface area contributed by atoms with Crippen molar-refractivity contribution in [2.75, 3.05) is 67.7 Å². The van der Waals surface area contributed by atoms with Crippen LogP contribution in [0.2, 0.25) is 0 Å². The zero-order chi connectivity index (χ0) is 24.3. The van der Waals surface area contributed by atoms with Gasteiger partial charge >= 0.3 is 0 Å². The molecule has 2 aliphatic heterocycles. The minimum atomic E-state index is 0.698. The summed E-state index contributed by atoms with van der Waals surface area (Å²) in [5.74, 6) is 0. The molecule has 0 amide bonds. The third-order valence-electron chi connectivity index (χ3n) is 6.88. The maximum absolute atomic E-state index is 5.63.